The minimum Gasteiger partial charge on any atom is -0.481 e. The van der Waals surface area contributed by atoms with Gasteiger partial charge in [-0.25, -0.2) is 4.79 Å². The number of amides is 2. The van der Waals surface area contributed by atoms with Crippen molar-refractivity contribution in [3.05, 3.63) is 29.8 Å². The van der Waals surface area contributed by atoms with Crippen LogP contribution in [-0.4, -0.2) is 29.7 Å². The summed E-state index contributed by atoms with van der Waals surface area (Å²) in [7, 11) is 0. The second-order valence-corrected chi connectivity index (χ2v) is 6.83. The fourth-order valence-corrected chi connectivity index (χ4v) is 3.34. The Bertz CT molecular complexity index is 563. The summed E-state index contributed by atoms with van der Waals surface area (Å²) in [6, 6.07) is 7.88. The minimum atomic E-state index is -0.790. The van der Waals surface area contributed by atoms with E-state index in [4.69, 9.17) is 5.11 Å². The molecule has 1 aliphatic heterocycles. The quantitative estimate of drug-likeness (QED) is 0.541. The van der Waals surface area contributed by atoms with Crippen molar-refractivity contribution in [2.75, 3.05) is 11.4 Å². The number of aliphatic carboxylic acids is 1. The highest BCUT2D eigenvalue weighted by Gasteiger charge is 2.31. The molecule has 1 aliphatic rings. The molecular formula is C20H31ClN2O3. The molecule has 2 N–H and O–H groups in total. The van der Waals surface area contributed by atoms with Gasteiger partial charge in [0, 0.05) is 18.7 Å². The van der Waals surface area contributed by atoms with E-state index in [-0.39, 0.29) is 30.9 Å². The number of carbonyl (C=O) groups is 2. The molecule has 0 saturated carbocycles. The predicted molar refractivity (Wildman–Crippen MR) is 107 cm³/mol. The molecule has 6 heteroatoms. The zero-order valence-corrected chi connectivity index (χ0v) is 16.4. The monoisotopic (exact) mass is 382 g/mol. The third-order valence-corrected chi connectivity index (χ3v) is 4.81. The molecule has 5 nitrogen and oxygen atoms in total. The number of unbranched alkanes of at least 4 members (excludes halogenated alkanes) is 5. The molecule has 0 radical (unpaired) electrons. The number of anilines is 1. The maximum Gasteiger partial charge on any atom is 0.322 e. The Morgan fingerprint density at radius 1 is 1.15 bits per heavy atom. The van der Waals surface area contributed by atoms with E-state index in [0.717, 1.165) is 24.1 Å². The number of carbonyl (C=O) groups excluding carboxylic acids is 1. The summed E-state index contributed by atoms with van der Waals surface area (Å²) in [6.07, 6.45) is 9.20. The Morgan fingerprint density at radius 3 is 2.46 bits per heavy atom. The number of halogens is 1. The number of aryl methyl sites for hydroxylation is 1. The van der Waals surface area contributed by atoms with E-state index in [1.54, 1.807) is 0 Å². The molecule has 0 spiro atoms. The Morgan fingerprint density at radius 2 is 1.81 bits per heavy atom. The van der Waals surface area contributed by atoms with Crippen molar-refractivity contribution in [3.63, 3.8) is 0 Å². The topological polar surface area (TPSA) is 69.6 Å². The van der Waals surface area contributed by atoms with Gasteiger partial charge >= 0.3 is 12.0 Å². The number of nitrogens with one attached hydrogen (secondary N) is 1. The molecule has 1 atom stereocenters. The van der Waals surface area contributed by atoms with Gasteiger partial charge in [-0.15, -0.1) is 12.4 Å². The fraction of sp³-hybridized carbons (Fsp3) is 0.600. The van der Waals surface area contributed by atoms with Gasteiger partial charge in [0.15, 0.2) is 0 Å². The van der Waals surface area contributed by atoms with Crippen LogP contribution in [0.2, 0.25) is 0 Å². The number of hydrogen-bond acceptors (Lipinski definition) is 2. The predicted octanol–water partition coefficient (Wildman–Crippen LogP) is 4.77. The smallest absolute Gasteiger partial charge is 0.322 e. The summed E-state index contributed by atoms with van der Waals surface area (Å²) >= 11 is 0. The summed E-state index contributed by atoms with van der Waals surface area (Å²) in [6.45, 7) is 2.93. The lowest BCUT2D eigenvalue weighted by atomic mass is 10.0. The number of hydrogen-bond donors (Lipinski definition) is 2. The summed E-state index contributed by atoms with van der Waals surface area (Å²) in [4.78, 5) is 24.7. The molecule has 1 fully saturated rings. The second-order valence-electron chi connectivity index (χ2n) is 6.83. The van der Waals surface area contributed by atoms with Gasteiger partial charge in [-0.1, -0.05) is 57.6 Å². The van der Waals surface area contributed by atoms with Crippen LogP contribution >= 0.6 is 12.4 Å². The van der Waals surface area contributed by atoms with E-state index in [2.05, 4.69) is 12.2 Å². The first-order chi connectivity index (χ1) is 12.1. The van der Waals surface area contributed by atoms with Gasteiger partial charge in [0.2, 0.25) is 0 Å². The summed E-state index contributed by atoms with van der Waals surface area (Å²) in [5.74, 6) is -0.790. The lowest BCUT2D eigenvalue weighted by Gasteiger charge is -2.23. The van der Waals surface area contributed by atoms with E-state index in [0.29, 0.717) is 13.0 Å². The van der Waals surface area contributed by atoms with Gasteiger partial charge in [0.1, 0.15) is 0 Å². The molecule has 0 aliphatic carbocycles. The van der Waals surface area contributed by atoms with Crippen molar-refractivity contribution in [2.24, 2.45) is 0 Å². The number of carboxylic acids is 1. The number of rotatable bonds is 11. The van der Waals surface area contributed by atoms with Crippen molar-refractivity contribution >= 4 is 30.1 Å². The zero-order chi connectivity index (χ0) is 18.1. The van der Waals surface area contributed by atoms with Crippen molar-refractivity contribution < 1.29 is 14.7 Å². The van der Waals surface area contributed by atoms with E-state index in [1.807, 2.05) is 29.2 Å². The molecule has 146 valence electrons. The van der Waals surface area contributed by atoms with E-state index in [9.17, 15) is 9.59 Å². The van der Waals surface area contributed by atoms with E-state index < -0.39 is 5.97 Å². The van der Waals surface area contributed by atoms with Crippen molar-refractivity contribution in [1.29, 1.82) is 0 Å². The van der Waals surface area contributed by atoms with Gasteiger partial charge in [0.25, 0.3) is 0 Å². The van der Waals surface area contributed by atoms with E-state index >= 15 is 0 Å². The van der Waals surface area contributed by atoms with Gasteiger partial charge < -0.3 is 10.4 Å². The van der Waals surface area contributed by atoms with Crippen LogP contribution < -0.4 is 10.2 Å². The highest BCUT2D eigenvalue weighted by Crippen LogP contribution is 2.24. The molecule has 26 heavy (non-hydrogen) atoms. The third kappa shape index (κ3) is 6.87. The molecule has 1 saturated heterocycles. The van der Waals surface area contributed by atoms with Crippen LogP contribution in [0.1, 0.15) is 63.9 Å². The van der Waals surface area contributed by atoms with Crippen molar-refractivity contribution in [2.45, 2.75) is 70.8 Å². The van der Waals surface area contributed by atoms with Crippen LogP contribution in [0.4, 0.5) is 10.5 Å². The fourth-order valence-electron chi connectivity index (χ4n) is 3.34. The van der Waals surface area contributed by atoms with Gasteiger partial charge in [-0.3, -0.25) is 9.69 Å². The lowest BCUT2D eigenvalue weighted by molar-refractivity contribution is -0.136. The Labute approximate surface area is 162 Å². The lowest BCUT2D eigenvalue weighted by Crippen LogP contribution is -2.34. The van der Waals surface area contributed by atoms with Crippen LogP contribution in [0.15, 0.2) is 24.3 Å². The van der Waals surface area contributed by atoms with Gasteiger partial charge in [0.05, 0.1) is 6.04 Å². The number of benzene rings is 1. The zero-order valence-electron chi connectivity index (χ0n) is 15.6. The molecule has 2 amide bonds. The standard InChI is InChI=1S/C20H30N2O3.ClH/c1-2-3-4-5-6-7-8-18-15-21-20(25)22(18)17-12-9-16(10-13-17)11-14-19(23)24;/h9-10,12-13,18H,2-8,11,14-15H2,1H3,(H,21,25)(H,23,24);1H. The largest absolute Gasteiger partial charge is 0.481 e. The summed E-state index contributed by atoms with van der Waals surface area (Å²) < 4.78 is 0. The Hall–Kier alpha value is -1.75. The molecule has 1 aromatic carbocycles. The maximum atomic E-state index is 12.2. The SMILES string of the molecule is CCCCCCCCC1CNC(=O)N1c1ccc(CCC(=O)O)cc1.Cl. The van der Waals surface area contributed by atoms with Crippen molar-refractivity contribution in [1.82, 2.24) is 5.32 Å². The molecule has 0 aromatic heterocycles. The Kier molecular flexibility index (Phi) is 10.1. The minimum absolute atomic E-state index is 0. The van der Waals surface area contributed by atoms with Gasteiger partial charge in [-0.05, 0) is 30.5 Å². The number of nitrogens with zero attached hydrogens (tertiary/aromatic N) is 1. The molecule has 1 unspecified atom stereocenters. The average molecular weight is 383 g/mol. The van der Waals surface area contributed by atoms with Crippen LogP contribution in [-0.2, 0) is 11.2 Å². The third-order valence-electron chi connectivity index (χ3n) is 4.81. The number of urea groups is 1. The van der Waals surface area contributed by atoms with E-state index in [1.165, 1.54) is 32.1 Å². The molecule has 2 rings (SSSR count). The molecular weight excluding hydrogens is 352 g/mol. The van der Waals surface area contributed by atoms with Crippen LogP contribution in [0.25, 0.3) is 0 Å². The Balaban J connectivity index is 0.00000338. The van der Waals surface area contributed by atoms with Crippen LogP contribution in [0.3, 0.4) is 0 Å². The molecule has 0 bridgehead atoms. The van der Waals surface area contributed by atoms with Crippen LogP contribution in [0.5, 0.6) is 0 Å². The van der Waals surface area contributed by atoms with Crippen LogP contribution in [0, 0.1) is 0 Å². The second kappa shape index (κ2) is 11.8. The first kappa shape index (κ1) is 22.3. The highest BCUT2D eigenvalue weighted by atomic mass is 35.5. The average Bonchev–Trinajstić information content (AvgIpc) is 2.97. The first-order valence-corrected chi connectivity index (χ1v) is 9.49. The summed E-state index contributed by atoms with van der Waals surface area (Å²) in [5.41, 5.74) is 1.88. The normalized spacial score (nSPS) is 16.3. The molecule has 1 heterocycles. The maximum absolute atomic E-state index is 12.2. The highest BCUT2D eigenvalue weighted by molar-refractivity contribution is 5.94. The molecule has 1 aromatic rings. The summed E-state index contributed by atoms with van der Waals surface area (Å²) in [5, 5.41) is 11.7. The number of carboxylic acid groups (broad SMARTS) is 1. The van der Waals surface area contributed by atoms with Gasteiger partial charge in [-0.2, -0.15) is 0 Å². The first-order valence-electron chi connectivity index (χ1n) is 9.49. The van der Waals surface area contributed by atoms with Crippen molar-refractivity contribution in [3.8, 4) is 0 Å².